The van der Waals surface area contributed by atoms with Gasteiger partial charge in [-0.1, -0.05) is 0 Å². The van der Waals surface area contributed by atoms with Gasteiger partial charge in [0.25, 0.3) is 0 Å². The number of nitrogens with two attached hydrogens (primary N) is 1. The molecule has 8 heteroatoms. The van der Waals surface area contributed by atoms with Crippen molar-refractivity contribution in [2.24, 2.45) is 0 Å². The molecule has 0 bridgehead atoms. The Hall–Kier alpha value is -1.25. The molecule has 3 rings (SSSR count). The van der Waals surface area contributed by atoms with Gasteiger partial charge >= 0.3 is 0 Å². The van der Waals surface area contributed by atoms with Gasteiger partial charge in [0, 0.05) is 11.6 Å². The van der Waals surface area contributed by atoms with Crippen LogP contribution in [0.1, 0.15) is 0 Å². The highest BCUT2D eigenvalue weighted by atomic mass is 79.9. The highest BCUT2D eigenvalue weighted by molar-refractivity contribution is 9.12. The van der Waals surface area contributed by atoms with Crippen LogP contribution in [-0.2, 0) is 0 Å². The van der Waals surface area contributed by atoms with E-state index in [2.05, 4.69) is 42.1 Å². The van der Waals surface area contributed by atoms with Crippen molar-refractivity contribution in [2.45, 2.75) is 0 Å². The van der Waals surface area contributed by atoms with Crippen molar-refractivity contribution in [3.8, 4) is 22.4 Å². The minimum absolute atomic E-state index is 0.184. The van der Waals surface area contributed by atoms with E-state index < -0.39 is 11.6 Å². The number of hydrogen-bond acceptors (Lipinski definition) is 3. The zero-order chi connectivity index (χ0) is 15.1. The average molecular weight is 435 g/mol. The first kappa shape index (κ1) is 14.7. The fraction of sp³-hybridized carbons (Fsp3) is 0. The van der Waals surface area contributed by atoms with Crippen LogP contribution in [0.15, 0.2) is 31.8 Å². The average Bonchev–Trinajstić information content (AvgIpc) is 2.90. The summed E-state index contributed by atoms with van der Waals surface area (Å²) in [4.78, 5) is 0. The van der Waals surface area contributed by atoms with E-state index in [4.69, 9.17) is 5.73 Å². The molecule has 3 nitrogen and oxygen atoms in total. The molecule has 0 aliphatic carbocycles. The lowest BCUT2D eigenvalue weighted by atomic mass is 10.0. The van der Waals surface area contributed by atoms with E-state index in [0.29, 0.717) is 16.8 Å². The third-order valence-electron chi connectivity index (χ3n) is 2.87. The van der Waals surface area contributed by atoms with E-state index in [-0.39, 0.29) is 5.82 Å². The number of thiophene rings is 1. The summed E-state index contributed by atoms with van der Waals surface area (Å²) >= 11 is 8.32. The number of aromatic nitrogens is 2. The maximum atomic E-state index is 13.4. The van der Waals surface area contributed by atoms with E-state index in [0.717, 1.165) is 19.2 Å². The number of nitrogens with zero attached hydrogens (tertiary/aromatic N) is 1. The molecule has 0 atom stereocenters. The maximum Gasteiger partial charge on any atom is 0.153 e. The number of benzene rings is 1. The summed E-state index contributed by atoms with van der Waals surface area (Å²) in [6.07, 6.45) is 0. The van der Waals surface area contributed by atoms with Crippen LogP contribution >= 0.6 is 43.2 Å². The van der Waals surface area contributed by atoms with E-state index in [1.807, 2.05) is 6.07 Å². The maximum absolute atomic E-state index is 13.4. The second-order valence-corrected chi connectivity index (χ2v) is 8.00. The number of anilines is 1. The Morgan fingerprint density at radius 1 is 1.10 bits per heavy atom. The van der Waals surface area contributed by atoms with Crippen molar-refractivity contribution in [1.82, 2.24) is 10.2 Å². The molecule has 0 saturated heterocycles. The second-order valence-electron chi connectivity index (χ2n) is 4.25. The lowest BCUT2D eigenvalue weighted by molar-refractivity contribution is 0.584. The van der Waals surface area contributed by atoms with Crippen LogP contribution < -0.4 is 5.73 Å². The molecule has 2 aromatic heterocycles. The fourth-order valence-electron chi connectivity index (χ4n) is 2.05. The summed E-state index contributed by atoms with van der Waals surface area (Å²) in [5.41, 5.74) is 8.08. The van der Waals surface area contributed by atoms with Gasteiger partial charge in [0.2, 0.25) is 0 Å². The first-order chi connectivity index (χ1) is 9.95. The number of hydrogen-bond donors (Lipinski definition) is 2. The van der Waals surface area contributed by atoms with Gasteiger partial charge in [0.05, 0.1) is 18.8 Å². The number of aromatic amines is 1. The number of halogens is 4. The highest BCUT2D eigenvalue weighted by Gasteiger charge is 2.19. The van der Waals surface area contributed by atoms with Gasteiger partial charge in [-0.15, -0.1) is 11.3 Å². The molecular formula is C13H7Br2F2N3S. The van der Waals surface area contributed by atoms with Gasteiger partial charge in [-0.05, 0) is 55.6 Å². The quantitative estimate of drug-likeness (QED) is 0.583. The topological polar surface area (TPSA) is 54.7 Å². The van der Waals surface area contributed by atoms with Gasteiger partial charge < -0.3 is 5.73 Å². The minimum Gasteiger partial charge on any atom is -0.382 e. The van der Waals surface area contributed by atoms with Crippen LogP contribution in [0.4, 0.5) is 14.6 Å². The Bertz CT molecular complexity index is 809. The van der Waals surface area contributed by atoms with E-state index in [1.165, 1.54) is 23.5 Å². The van der Waals surface area contributed by atoms with Crippen LogP contribution in [-0.4, -0.2) is 10.2 Å². The second kappa shape index (κ2) is 5.51. The third kappa shape index (κ3) is 2.75. The molecule has 108 valence electrons. The van der Waals surface area contributed by atoms with Crippen molar-refractivity contribution < 1.29 is 8.78 Å². The Morgan fingerprint density at radius 2 is 1.76 bits per heavy atom. The standard InChI is InChI=1S/C13H7Br2F2N3S/c14-9-4-8(12(15)21-9)11-10(13(18)20-19-11)5-1-6(16)3-7(17)2-5/h1-4H,(H3,18,19,20). The van der Waals surface area contributed by atoms with Gasteiger partial charge in [-0.25, -0.2) is 8.78 Å². The summed E-state index contributed by atoms with van der Waals surface area (Å²) in [6.45, 7) is 0. The van der Waals surface area contributed by atoms with Crippen LogP contribution in [0.3, 0.4) is 0 Å². The number of nitrogen functional groups attached to an aromatic ring is 1. The molecule has 1 aromatic carbocycles. The summed E-state index contributed by atoms with van der Waals surface area (Å²) in [5.74, 6) is -1.14. The van der Waals surface area contributed by atoms with Crippen LogP contribution in [0.25, 0.3) is 22.4 Å². The van der Waals surface area contributed by atoms with Gasteiger partial charge in [0.1, 0.15) is 11.6 Å². The monoisotopic (exact) mass is 433 g/mol. The van der Waals surface area contributed by atoms with Crippen LogP contribution in [0.5, 0.6) is 0 Å². The number of nitrogens with one attached hydrogen (secondary N) is 1. The summed E-state index contributed by atoms with van der Waals surface area (Å²) in [5, 5.41) is 6.77. The number of H-pyrrole nitrogens is 1. The van der Waals surface area contributed by atoms with E-state index >= 15 is 0 Å². The van der Waals surface area contributed by atoms with Gasteiger partial charge in [-0.3, -0.25) is 5.10 Å². The van der Waals surface area contributed by atoms with Crippen molar-refractivity contribution in [1.29, 1.82) is 0 Å². The van der Waals surface area contributed by atoms with Gasteiger partial charge in [0.15, 0.2) is 5.82 Å². The molecule has 3 aromatic rings. The summed E-state index contributed by atoms with van der Waals surface area (Å²) in [7, 11) is 0. The Labute approximate surface area is 139 Å². The van der Waals surface area contributed by atoms with Crippen molar-refractivity contribution in [3.05, 3.63) is 43.5 Å². The first-order valence-corrected chi connectivity index (χ1v) is 8.11. The molecule has 3 N–H and O–H groups in total. The van der Waals surface area contributed by atoms with E-state index in [9.17, 15) is 8.78 Å². The molecule has 21 heavy (non-hydrogen) atoms. The van der Waals surface area contributed by atoms with Crippen molar-refractivity contribution in [3.63, 3.8) is 0 Å². The van der Waals surface area contributed by atoms with Gasteiger partial charge in [-0.2, -0.15) is 5.10 Å². The molecule has 0 aliphatic heterocycles. The first-order valence-electron chi connectivity index (χ1n) is 5.71. The largest absolute Gasteiger partial charge is 0.382 e. The molecule has 0 amide bonds. The van der Waals surface area contributed by atoms with E-state index in [1.54, 1.807) is 0 Å². The fourth-order valence-corrected chi connectivity index (χ4v) is 4.87. The molecule has 0 unspecified atom stereocenters. The SMILES string of the molecule is Nc1n[nH]c(-c2cc(Br)sc2Br)c1-c1cc(F)cc(F)c1. The highest BCUT2D eigenvalue weighted by Crippen LogP contribution is 2.43. The molecule has 0 aliphatic rings. The van der Waals surface area contributed by atoms with Crippen molar-refractivity contribution >= 4 is 49.0 Å². The predicted molar refractivity (Wildman–Crippen MR) is 87.1 cm³/mol. The molecular weight excluding hydrogens is 428 g/mol. The zero-order valence-corrected chi connectivity index (χ0v) is 14.2. The Morgan fingerprint density at radius 3 is 2.33 bits per heavy atom. The summed E-state index contributed by atoms with van der Waals surface area (Å²) in [6, 6.07) is 5.14. The predicted octanol–water partition coefficient (Wildman–Crippen LogP) is 5.19. The van der Waals surface area contributed by atoms with Crippen LogP contribution in [0, 0.1) is 11.6 Å². The lowest BCUT2D eigenvalue weighted by Crippen LogP contribution is -1.90. The zero-order valence-electron chi connectivity index (χ0n) is 10.3. The molecule has 0 radical (unpaired) electrons. The minimum atomic E-state index is -0.665. The lowest BCUT2D eigenvalue weighted by Gasteiger charge is -2.05. The smallest absolute Gasteiger partial charge is 0.153 e. The molecule has 0 spiro atoms. The Balaban J connectivity index is 2.24. The third-order valence-corrected chi connectivity index (χ3v) is 5.21. The molecule has 0 fully saturated rings. The Kier molecular flexibility index (Phi) is 3.85. The normalized spacial score (nSPS) is 11.0. The molecule has 0 saturated carbocycles. The summed E-state index contributed by atoms with van der Waals surface area (Å²) < 4.78 is 28.7. The van der Waals surface area contributed by atoms with Crippen LogP contribution in [0.2, 0.25) is 0 Å². The number of rotatable bonds is 2. The van der Waals surface area contributed by atoms with Crippen molar-refractivity contribution in [2.75, 3.05) is 5.73 Å². The molecule has 2 heterocycles.